The summed E-state index contributed by atoms with van der Waals surface area (Å²) in [6.45, 7) is 28.0. The Balaban J connectivity index is 1.76. The Bertz CT molecular complexity index is 1030. The molecule has 0 aliphatic heterocycles. The van der Waals surface area contributed by atoms with Crippen LogP contribution in [-0.2, 0) is 8.85 Å². The molecule has 0 aromatic rings. The molecule has 0 heterocycles. The van der Waals surface area contributed by atoms with Gasteiger partial charge in [0.2, 0.25) is 0 Å². The molecule has 39 heavy (non-hydrogen) atoms. The van der Waals surface area contributed by atoms with E-state index in [0.29, 0.717) is 12.3 Å². The fraction of sp³-hybridized carbons (Fsp3) is 0.879. The van der Waals surface area contributed by atoms with Gasteiger partial charge in [0.05, 0.1) is 12.2 Å². The van der Waals surface area contributed by atoms with Crippen LogP contribution in [0.1, 0.15) is 93.9 Å². The smallest absolute Gasteiger partial charge is 0.192 e. The van der Waals surface area contributed by atoms with Crippen LogP contribution >= 0.6 is 0 Å². The summed E-state index contributed by atoms with van der Waals surface area (Å²) in [6.07, 6.45) is 13.4. The second kappa shape index (κ2) is 9.54. The van der Waals surface area contributed by atoms with Gasteiger partial charge in [0.1, 0.15) is 0 Å². The number of terminal acetylenes is 1. The van der Waals surface area contributed by atoms with Gasteiger partial charge in [0.25, 0.3) is 0 Å². The van der Waals surface area contributed by atoms with Crippen LogP contribution in [0.25, 0.3) is 0 Å². The van der Waals surface area contributed by atoms with Gasteiger partial charge in [-0.2, -0.15) is 0 Å². The van der Waals surface area contributed by atoms with Crippen LogP contribution < -0.4 is 0 Å². The molecule has 4 aliphatic rings. The normalized spacial score (nSPS) is 43.2. The fourth-order valence-corrected chi connectivity index (χ4v) is 10.8. The number of fused-ring (bicyclic) bond motifs is 5. The SMILES string of the molecule is C#C[C@]1(O)[C@H](O)CC2C3C(CC[C@@]21C)[C@@]1(C)CC[C@H](O[Si](C)(C)C(C)(C)C)CC1=C[C@@H]3O[Si](C)(C)C(C)(C)C. The first-order valence-corrected chi connectivity index (χ1v) is 21.3. The van der Waals surface area contributed by atoms with Gasteiger partial charge in [-0.1, -0.05) is 73.0 Å². The van der Waals surface area contributed by atoms with Gasteiger partial charge >= 0.3 is 0 Å². The molecule has 3 fully saturated rings. The summed E-state index contributed by atoms with van der Waals surface area (Å²) in [5.74, 6) is 3.47. The van der Waals surface area contributed by atoms with Gasteiger partial charge in [0, 0.05) is 11.5 Å². The van der Waals surface area contributed by atoms with Crippen molar-refractivity contribution in [3.05, 3.63) is 11.6 Å². The summed E-state index contributed by atoms with van der Waals surface area (Å²) < 4.78 is 14.3. The Hall–Kier alpha value is -0.426. The van der Waals surface area contributed by atoms with Gasteiger partial charge in [-0.3, -0.25) is 0 Å². The van der Waals surface area contributed by atoms with Crippen molar-refractivity contribution >= 4 is 16.6 Å². The first kappa shape index (κ1) is 31.5. The predicted octanol–water partition coefficient (Wildman–Crippen LogP) is 7.68. The average molecular weight is 575 g/mol. The largest absolute Gasteiger partial charge is 0.414 e. The summed E-state index contributed by atoms with van der Waals surface area (Å²) in [7, 11) is -3.96. The lowest BCUT2D eigenvalue weighted by molar-refractivity contribution is -0.133. The topological polar surface area (TPSA) is 58.9 Å². The van der Waals surface area contributed by atoms with Crippen LogP contribution in [0.5, 0.6) is 0 Å². The molecule has 0 bridgehead atoms. The zero-order chi connectivity index (χ0) is 29.6. The maximum atomic E-state index is 11.6. The quantitative estimate of drug-likeness (QED) is 0.205. The van der Waals surface area contributed by atoms with Crippen molar-refractivity contribution in [3.8, 4) is 12.3 Å². The van der Waals surface area contributed by atoms with E-state index in [1.54, 1.807) is 0 Å². The predicted molar refractivity (Wildman–Crippen MR) is 166 cm³/mol. The van der Waals surface area contributed by atoms with E-state index in [1.165, 1.54) is 5.57 Å². The summed E-state index contributed by atoms with van der Waals surface area (Å²) >= 11 is 0. The van der Waals surface area contributed by atoms with E-state index in [-0.39, 0.29) is 39.5 Å². The van der Waals surface area contributed by atoms with Gasteiger partial charge < -0.3 is 19.1 Å². The summed E-state index contributed by atoms with van der Waals surface area (Å²) in [5, 5.41) is 23.0. The Morgan fingerprint density at radius 2 is 1.49 bits per heavy atom. The van der Waals surface area contributed by atoms with Crippen LogP contribution in [0, 0.1) is 40.9 Å². The van der Waals surface area contributed by atoms with Crippen molar-refractivity contribution in [2.45, 2.75) is 154 Å². The Morgan fingerprint density at radius 1 is 0.923 bits per heavy atom. The molecule has 3 saturated carbocycles. The second-order valence-corrected chi connectivity index (χ2v) is 26.6. The van der Waals surface area contributed by atoms with E-state index in [0.717, 1.165) is 32.1 Å². The van der Waals surface area contributed by atoms with E-state index in [9.17, 15) is 10.2 Å². The molecule has 0 radical (unpaired) electrons. The zero-order valence-corrected chi connectivity index (χ0v) is 29.1. The van der Waals surface area contributed by atoms with Gasteiger partial charge in [-0.25, -0.2) is 0 Å². The Morgan fingerprint density at radius 3 is 2.03 bits per heavy atom. The summed E-state index contributed by atoms with van der Waals surface area (Å²) in [5.41, 5.74) is -0.378. The second-order valence-electron chi connectivity index (χ2n) is 17.1. The third kappa shape index (κ3) is 4.80. The Labute approximate surface area is 242 Å². The molecule has 0 amide bonds. The van der Waals surface area contributed by atoms with Gasteiger partial charge in [-0.05, 0) is 98.0 Å². The minimum Gasteiger partial charge on any atom is -0.414 e. The van der Waals surface area contributed by atoms with E-state index in [1.807, 2.05) is 0 Å². The molecule has 222 valence electrons. The molecular weight excluding hydrogens is 517 g/mol. The third-order valence-corrected chi connectivity index (χ3v) is 22.0. The molecule has 0 saturated heterocycles. The number of aliphatic hydroxyl groups excluding tert-OH is 1. The molecule has 6 heteroatoms. The average Bonchev–Trinajstić information content (AvgIpc) is 2.99. The van der Waals surface area contributed by atoms with E-state index in [4.69, 9.17) is 15.3 Å². The summed E-state index contributed by atoms with van der Waals surface area (Å²) in [6, 6.07) is 0. The molecule has 0 spiro atoms. The first-order valence-electron chi connectivity index (χ1n) is 15.5. The zero-order valence-electron chi connectivity index (χ0n) is 27.1. The van der Waals surface area contributed by atoms with Gasteiger partial charge in [-0.15, -0.1) is 6.42 Å². The monoisotopic (exact) mass is 574 g/mol. The first-order chi connectivity index (χ1) is 17.5. The van der Waals surface area contributed by atoms with Crippen LogP contribution in [0.15, 0.2) is 11.6 Å². The molecule has 0 aromatic heterocycles. The van der Waals surface area contributed by atoms with Crippen molar-refractivity contribution in [3.63, 3.8) is 0 Å². The fourth-order valence-electron chi connectivity index (χ4n) is 8.20. The van der Waals surface area contributed by atoms with Crippen LogP contribution in [0.2, 0.25) is 36.3 Å². The van der Waals surface area contributed by atoms with Crippen molar-refractivity contribution in [1.82, 2.24) is 0 Å². The van der Waals surface area contributed by atoms with Crippen molar-refractivity contribution in [2.24, 2.45) is 28.6 Å². The lowest BCUT2D eigenvalue weighted by Gasteiger charge is -2.61. The highest BCUT2D eigenvalue weighted by atomic mass is 28.4. The lowest BCUT2D eigenvalue weighted by Crippen LogP contribution is -2.60. The standard InChI is InChI=1S/C33H58O4Si2/c1-14-33(35)27(34)21-25-28-24(16-18-32(25,33)9)31(8)17-15-23(36-38(10,11)29(2,3)4)19-22(31)20-26(28)37-39(12,13)30(5,6)7/h1,20,23-28,34-35H,15-19,21H2,2-13H3/t23-,24?,25?,26-,27+,28?,31-,32-,33-/m0/s1. The van der Waals surface area contributed by atoms with E-state index >= 15 is 0 Å². The van der Waals surface area contributed by atoms with Crippen molar-refractivity contribution in [2.75, 3.05) is 0 Å². The summed E-state index contributed by atoms with van der Waals surface area (Å²) in [4.78, 5) is 0. The van der Waals surface area contributed by atoms with E-state index in [2.05, 4.69) is 93.6 Å². The molecule has 4 rings (SSSR count). The highest BCUT2D eigenvalue weighted by Gasteiger charge is 2.68. The minimum atomic E-state index is -2.09. The van der Waals surface area contributed by atoms with Crippen LogP contribution in [0.3, 0.4) is 0 Å². The van der Waals surface area contributed by atoms with Crippen LogP contribution in [-0.4, -0.2) is 50.8 Å². The van der Waals surface area contributed by atoms with Crippen molar-refractivity contribution in [1.29, 1.82) is 0 Å². The molecule has 4 aliphatic carbocycles. The maximum absolute atomic E-state index is 11.6. The highest BCUT2D eigenvalue weighted by molar-refractivity contribution is 6.74. The van der Waals surface area contributed by atoms with Crippen molar-refractivity contribution < 1.29 is 19.1 Å². The number of rotatable bonds is 4. The molecule has 9 atom stereocenters. The molecule has 0 aromatic carbocycles. The number of hydrogen-bond acceptors (Lipinski definition) is 4. The third-order valence-electron chi connectivity index (χ3n) is 13.0. The lowest BCUT2D eigenvalue weighted by atomic mass is 9.46. The maximum Gasteiger partial charge on any atom is 0.192 e. The molecule has 3 unspecified atom stereocenters. The molecular formula is C33H58O4Si2. The molecule has 2 N–H and O–H groups in total. The number of aliphatic hydroxyl groups is 2. The number of hydrogen-bond donors (Lipinski definition) is 2. The molecule has 4 nitrogen and oxygen atoms in total. The van der Waals surface area contributed by atoms with Gasteiger partial charge in [0.15, 0.2) is 22.2 Å². The van der Waals surface area contributed by atoms with Crippen LogP contribution in [0.4, 0.5) is 0 Å². The minimum absolute atomic E-state index is 0.0254. The Kier molecular flexibility index (Phi) is 7.71. The van der Waals surface area contributed by atoms with E-state index < -0.39 is 33.8 Å². The highest BCUT2D eigenvalue weighted by Crippen LogP contribution is 2.68.